The number of aliphatic hydroxyl groups is 2. The molecule has 0 unspecified atom stereocenters. The average molecular weight is 691 g/mol. The zero-order valence-electron chi connectivity index (χ0n) is 27.4. The Hall–Kier alpha value is -3.41. The summed E-state index contributed by atoms with van der Waals surface area (Å²) >= 11 is 0. The Morgan fingerprint density at radius 3 is 1.51 bits per heavy atom. The van der Waals surface area contributed by atoms with Crippen molar-refractivity contribution in [3.63, 3.8) is 0 Å². The largest absolute Gasteiger partial charge is 0.504 e. The Morgan fingerprint density at radius 2 is 1.12 bits per heavy atom. The number of phenolic OH excluding ortho intramolecular Hbond substituents is 2. The molecule has 260 valence electrons. The number of rotatable bonds is 4. The summed E-state index contributed by atoms with van der Waals surface area (Å²) in [6.07, 6.45) is 6.69. The van der Waals surface area contributed by atoms with E-state index in [1.165, 1.54) is 0 Å². The third-order valence-corrected chi connectivity index (χ3v) is 13.5. The number of Topliss-reactive ketones (excluding diaryl/α,β-unsaturated/α-hetero) is 2. The predicted molar refractivity (Wildman–Crippen MR) is 182 cm³/mol. The number of aromatic hydroxyl groups is 2. The molecule has 11 heteroatoms. The molecule has 2 saturated heterocycles. The lowest BCUT2D eigenvalue weighted by Gasteiger charge is -2.62. The van der Waals surface area contributed by atoms with Gasteiger partial charge in [0, 0.05) is 62.2 Å². The predicted octanol–water partition coefficient (Wildman–Crippen LogP) is 3.02. The van der Waals surface area contributed by atoms with Crippen molar-refractivity contribution in [2.24, 2.45) is 0 Å². The van der Waals surface area contributed by atoms with Gasteiger partial charge in [0.25, 0.3) is 0 Å². The molecule has 2 saturated carbocycles. The van der Waals surface area contributed by atoms with E-state index in [0.717, 1.165) is 48.4 Å². The standard InChI is InChI=1S/2C19H21NO4.ClH/c2*1-2-8-20-9-7-18-15-11-3-4-12(21)16(15)24-17(18)13(22)5-6-19(18,23)14(20)10-11;/h2*2-4,14,17,21,23H,1,5-10H2;1H/t2*14-,17+,18+,19-;/m11./s1. The van der Waals surface area contributed by atoms with Gasteiger partial charge in [0.05, 0.1) is 22.0 Å². The lowest BCUT2D eigenvalue weighted by atomic mass is 9.49. The second-order valence-electron chi connectivity index (χ2n) is 15.1. The van der Waals surface area contributed by atoms with Crippen LogP contribution in [0.4, 0.5) is 0 Å². The first-order valence-electron chi connectivity index (χ1n) is 17.3. The van der Waals surface area contributed by atoms with Crippen molar-refractivity contribution in [1.29, 1.82) is 0 Å². The van der Waals surface area contributed by atoms with Gasteiger partial charge < -0.3 is 29.9 Å². The summed E-state index contributed by atoms with van der Waals surface area (Å²) in [5.41, 5.74) is 0.512. The molecular formula is C38H43ClN2O8. The molecule has 49 heavy (non-hydrogen) atoms. The second-order valence-corrected chi connectivity index (χ2v) is 15.1. The quantitative estimate of drug-likeness (QED) is 0.354. The number of hydrogen-bond acceptors (Lipinski definition) is 10. The van der Waals surface area contributed by atoms with Crippen molar-refractivity contribution in [1.82, 2.24) is 9.80 Å². The Bertz CT molecular complexity index is 1690. The average Bonchev–Trinajstić information content (AvgIpc) is 3.61. The van der Waals surface area contributed by atoms with Crippen LogP contribution in [-0.2, 0) is 33.3 Å². The van der Waals surface area contributed by atoms with Crippen LogP contribution in [-0.4, -0.2) is 103 Å². The van der Waals surface area contributed by atoms with Crippen LogP contribution in [0.15, 0.2) is 49.6 Å². The molecule has 2 aromatic carbocycles. The van der Waals surface area contributed by atoms with E-state index in [2.05, 4.69) is 23.0 Å². The van der Waals surface area contributed by atoms with Gasteiger partial charge in [-0.25, -0.2) is 0 Å². The van der Waals surface area contributed by atoms with Crippen molar-refractivity contribution in [2.45, 2.75) is 97.7 Å². The van der Waals surface area contributed by atoms with Gasteiger partial charge >= 0.3 is 0 Å². The fourth-order valence-corrected chi connectivity index (χ4v) is 11.6. The number of benzene rings is 2. The smallest absolute Gasteiger partial charge is 0.174 e. The van der Waals surface area contributed by atoms with E-state index in [4.69, 9.17) is 9.47 Å². The molecule has 4 aliphatic carbocycles. The molecule has 0 radical (unpaired) electrons. The molecule has 4 N–H and O–H groups in total. The second kappa shape index (κ2) is 10.8. The van der Waals surface area contributed by atoms with Crippen LogP contribution in [0.5, 0.6) is 23.0 Å². The van der Waals surface area contributed by atoms with Crippen LogP contribution in [0.3, 0.4) is 0 Å². The molecule has 4 heterocycles. The fraction of sp³-hybridized carbons (Fsp3) is 0.526. The first-order chi connectivity index (χ1) is 23.1. The molecule has 4 fully saturated rings. The number of ketones is 2. The van der Waals surface area contributed by atoms with Crippen LogP contribution >= 0.6 is 12.4 Å². The molecular weight excluding hydrogens is 648 g/mol. The lowest BCUT2D eigenvalue weighted by molar-refractivity contribution is -0.187. The first-order valence-corrected chi connectivity index (χ1v) is 17.3. The molecule has 2 spiro atoms. The molecule has 4 bridgehead atoms. The number of nitrogens with zero attached hydrogens (tertiary/aromatic N) is 2. The Kier molecular flexibility index (Phi) is 7.22. The molecule has 8 atom stereocenters. The maximum atomic E-state index is 12.6. The number of ether oxygens (including phenoxy) is 2. The van der Waals surface area contributed by atoms with Gasteiger partial charge in [0.1, 0.15) is 0 Å². The van der Waals surface area contributed by atoms with Crippen molar-refractivity contribution in [3.05, 3.63) is 71.8 Å². The molecule has 2 aromatic rings. The number of carbonyl (C=O) groups excluding carboxylic acids is 2. The van der Waals surface area contributed by atoms with Gasteiger partial charge in [-0.05, 0) is 61.8 Å². The fourth-order valence-electron chi connectivity index (χ4n) is 11.6. The van der Waals surface area contributed by atoms with E-state index in [9.17, 15) is 30.0 Å². The van der Waals surface area contributed by atoms with Gasteiger partial charge in [0.2, 0.25) is 0 Å². The molecule has 0 aromatic heterocycles. The van der Waals surface area contributed by atoms with Gasteiger partial charge in [-0.1, -0.05) is 24.3 Å². The Morgan fingerprint density at radius 1 is 0.714 bits per heavy atom. The minimum absolute atomic E-state index is 0. The topological polar surface area (TPSA) is 140 Å². The SMILES string of the molecule is C=CCN1CC[C@]23c4c5ccc(O)c4O[C@H]2C(=O)CC[C@@]3(O)[C@H]1C5.C=CCN1CC[C@]23c4c5ccc(O)c4O[C@H]2C(=O)CC[C@@]3(O)[C@H]1C5.Cl. The molecule has 10 nitrogen and oxygen atoms in total. The van der Waals surface area contributed by atoms with Crippen LogP contribution in [0.2, 0.25) is 0 Å². The zero-order chi connectivity index (χ0) is 33.4. The highest BCUT2D eigenvalue weighted by molar-refractivity contribution is 5.91. The highest BCUT2D eigenvalue weighted by Gasteiger charge is 2.74. The minimum atomic E-state index is -1.00. The number of likely N-dealkylation sites (tertiary alicyclic amines) is 2. The normalized spacial score (nSPS) is 38.5. The highest BCUT2D eigenvalue weighted by Crippen LogP contribution is 2.66. The maximum absolute atomic E-state index is 12.6. The van der Waals surface area contributed by atoms with Crippen LogP contribution in [0, 0.1) is 0 Å². The minimum Gasteiger partial charge on any atom is -0.504 e. The number of carbonyl (C=O) groups is 2. The molecule has 4 aliphatic heterocycles. The van der Waals surface area contributed by atoms with Gasteiger partial charge in [-0.15, -0.1) is 25.6 Å². The van der Waals surface area contributed by atoms with Gasteiger partial charge in [-0.3, -0.25) is 19.4 Å². The van der Waals surface area contributed by atoms with E-state index in [1.54, 1.807) is 12.1 Å². The van der Waals surface area contributed by atoms with Crippen molar-refractivity contribution >= 4 is 24.0 Å². The first kappa shape index (κ1) is 32.8. The Balaban J connectivity index is 0.000000139. The van der Waals surface area contributed by atoms with Crippen LogP contribution < -0.4 is 9.47 Å². The van der Waals surface area contributed by atoms with Crippen LogP contribution in [0.1, 0.15) is 60.8 Å². The highest BCUT2D eigenvalue weighted by atomic mass is 35.5. The third kappa shape index (κ3) is 3.76. The van der Waals surface area contributed by atoms with E-state index in [1.807, 2.05) is 24.3 Å². The summed E-state index contributed by atoms with van der Waals surface area (Å²) in [6.45, 7) is 10.7. The number of hydrogen-bond donors (Lipinski definition) is 4. The summed E-state index contributed by atoms with van der Waals surface area (Å²) in [5, 5.41) is 44.2. The molecule has 0 amide bonds. The number of piperidine rings is 2. The summed E-state index contributed by atoms with van der Waals surface area (Å²) in [4.78, 5) is 29.8. The maximum Gasteiger partial charge on any atom is 0.174 e. The molecule has 10 rings (SSSR count). The summed E-state index contributed by atoms with van der Waals surface area (Å²) in [7, 11) is 0. The van der Waals surface area contributed by atoms with E-state index in [0.29, 0.717) is 62.9 Å². The summed E-state index contributed by atoms with van der Waals surface area (Å²) < 4.78 is 12.0. The van der Waals surface area contributed by atoms with Crippen molar-refractivity contribution in [3.8, 4) is 23.0 Å². The summed E-state index contributed by atoms with van der Waals surface area (Å²) in [5.74, 6) is 1.06. The van der Waals surface area contributed by atoms with Crippen LogP contribution in [0.25, 0.3) is 0 Å². The number of phenols is 2. The van der Waals surface area contributed by atoms with Gasteiger partial charge in [-0.2, -0.15) is 0 Å². The van der Waals surface area contributed by atoms with Crippen molar-refractivity contribution < 1.29 is 39.5 Å². The monoisotopic (exact) mass is 690 g/mol. The Labute approximate surface area is 291 Å². The zero-order valence-corrected chi connectivity index (χ0v) is 28.2. The van der Waals surface area contributed by atoms with E-state index in [-0.39, 0.29) is 47.6 Å². The lowest BCUT2D eigenvalue weighted by Crippen LogP contribution is -2.76. The third-order valence-electron chi connectivity index (χ3n) is 13.5. The molecule has 8 aliphatic rings. The summed E-state index contributed by atoms with van der Waals surface area (Å²) in [6, 6.07) is 7.03. The number of halogens is 1. The van der Waals surface area contributed by atoms with Gasteiger partial charge in [0.15, 0.2) is 46.8 Å². The van der Waals surface area contributed by atoms with E-state index >= 15 is 0 Å². The van der Waals surface area contributed by atoms with Crippen molar-refractivity contribution in [2.75, 3.05) is 26.2 Å². The van der Waals surface area contributed by atoms with E-state index < -0.39 is 34.2 Å².